The Morgan fingerprint density at radius 2 is 1.71 bits per heavy atom. The van der Waals surface area contributed by atoms with Crippen molar-refractivity contribution in [3.63, 3.8) is 0 Å². The minimum atomic E-state index is -4.72. The first-order valence-electron chi connectivity index (χ1n) is 5.88. The van der Waals surface area contributed by atoms with E-state index in [2.05, 4.69) is 10.1 Å². The SMILES string of the molecule is Fc1c(Cl)cccc1NCc1ccc(OC(F)(F)F)cc1. The molecule has 2 nitrogen and oxygen atoms in total. The molecule has 0 heterocycles. The fourth-order valence-corrected chi connectivity index (χ4v) is 1.82. The standard InChI is InChI=1S/C14H10ClF4NO/c15-11-2-1-3-12(13(11)16)20-8-9-4-6-10(7-5-9)21-14(17,18)19/h1-7,20H,8H2. The van der Waals surface area contributed by atoms with Gasteiger partial charge in [0.05, 0.1) is 10.7 Å². The molecule has 0 aromatic heterocycles. The van der Waals surface area contributed by atoms with E-state index in [4.69, 9.17) is 11.6 Å². The number of anilines is 1. The van der Waals surface area contributed by atoms with Crippen LogP contribution in [-0.2, 0) is 6.54 Å². The molecule has 112 valence electrons. The highest BCUT2D eigenvalue weighted by Gasteiger charge is 2.30. The average molecular weight is 320 g/mol. The molecule has 0 aliphatic carbocycles. The number of alkyl halides is 3. The highest BCUT2D eigenvalue weighted by Crippen LogP contribution is 2.24. The molecule has 0 saturated heterocycles. The Morgan fingerprint density at radius 1 is 1.05 bits per heavy atom. The maximum absolute atomic E-state index is 13.6. The van der Waals surface area contributed by atoms with Crippen LogP contribution in [0.5, 0.6) is 5.75 Å². The van der Waals surface area contributed by atoms with E-state index in [0.29, 0.717) is 5.56 Å². The molecule has 0 atom stereocenters. The molecule has 0 bridgehead atoms. The largest absolute Gasteiger partial charge is 0.573 e. The van der Waals surface area contributed by atoms with Crippen LogP contribution in [0.3, 0.4) is 0 Å². The number of rotatable bonds is 4. The van der Waals surface area contributed by atoms with Gasteiger partial charge in [0.2, 0.25) is 0 Å². The first-order chi connectivity index (χ1) is 9.85. The van der Waals surface area contributed by atoms with Crippen molar-refractivity contribution in [2.45, 2.75) is 12.9 Å². The van der Waals surface area contributed by atoms with Crippen LogP contribution in [0.1, 0.15) is 5.56 Å². The van der Waals surface area contributed by atoms with Crippen molar-refractivity contribution in [1.29, 1.82) is 0 Å². The van der Waals surface area contributed by atoms with E-state index in [0.717, 1.165) is 0 Å². The summed E-state index contributed by atoms with van der Waals surface area (Å²) in [6.07, 6.45) is -4.72. The number of benzene rings is 2. The Bertz CT molecular complexity index is 613. The maximum Gasteiger partial charge on any atom is 0.573 e. The summed E-state index contributed by atoms with van der Waals surface area (Å²) in [5.74, 6) is -0.878. The lowest BCUT2D eigenvalue weighted by molar-refractivity contribution is -0.274. The molecule has 0 fully saturated rings. The Kier molecular flexibility index (Phi) is 4.57. The van der Waals surface area contributed by atoms with Gasteiger partial charge in [-0.05, 0) is 29.8 Å². The van der Waals surface area contributed by atoms with E-state index in [9.17, 15) is 17.6 Å². The van der Waals surface area contributed by atoms with Gasteiger partial charge in [-0.25, -0.2) is 4.39 Å². The van der Waals surface area contributed by atoms with Gasteiger partial charge >= 0.3 is 6.36 Å². The van der Waals surface area contributed by atoms with E-state index < -0.39 is 12.2 Å². The molecule has 0 saturated carbocycles. The Hall–Kier alpha value is -1.95. The third kappa shape index (κ3) is 4.53. The first-order valence-corrected chi connectivity index (χ1v) is 6.25. The minimum Gasteiger partial charge on any atom is -0.406 e. The van der Waals surface area contributed by atoms with E-state index in [1.54, 1.807) is 6.07 Å². The molecule has 0 aliphatic heterocycles. The summed E-state index contributed by atoms with van der Waals surface area (Å²) in [4.78, 5) is 0. The number of hydrogen-bond donors (Lipinski definition) is 1. The van der Waals surface area contributed by atoms with Crippen molar-refractivity contribution < 1.29 is 22.3 Å². The van der Waals surface area contributed by atoms with Crippen molar-refractivity contribution in [2.24, 2.45) is 0 Å². The van der Waals surface area contributed by atoms with Gasteiger partial charge in [-0.3, -0.25) is 0 Å². The van der Waals surface area contributed by atoms with Gasteiger partial charge in [0.15, 0.2) is 5.82 Å². The lowest BCUT2D eigenvalue weighted by atomic mass is 10.2. The van der Waals surface area contributed by atoms with E-state index in [-0.39, 0.29) is 23.0 Å². The van der Waals surface area contributed by atoms with Crippen LogP contribution in [0.15, 0.2) is 42.5 Å². The smallest absolute Gasteiger partial charge is 0.406 e. The molecule has 21 heavy (non-hydrogen) atoms. The third-order valence-electron chi connectivity index (χ3n) is 2.59. The molecule has 2 aromatic rings. The quantitative estimate of drug-likeness (QED) is 0.802. The molecule has 7 heteroatoms. The second-order valence-electron chi connectivity index (χ2n) is 4.15. The molecule has 0 unspecified atom stereocenters. The van der Waals surface area contributed by atoms with Crippen LogP contribution >= 0.6 is 11.6 Å². The molecular weight excluding hydrogens is 310 g/mol. The predicted molar refractivity (Wildman–Crippen MR) is 71.9 cm³/mol. The van der Waals surface area contributed by atoms with Crippen molar-refractivity contribution in [1.82, 2.24) is 0 Å². The third-order valence-corrected chi connectivity index (χ3v) is 2.88. The topological polar surface area (TPSA) is 21.3 Å². The monoisotopic (exact) mass is 319 g/mol. The fraction of sp³-hybridized carbons (Fsp3) is 0.143. The minimum absolute atomic E-state index is 0.00562. The van der Waals surface area contributed by atoms with Crippen molar-refractivity contribution in [2.75, 3.05) is 5.32 Å². The Labute approximate surface area is 123 Å². The maximum atomic E-state index is 13.6. The molecule has 2 aromatic carbocycles. The summed E-state index contributed by atoms with van der Waals surface area (Å²) in [6, 6.07) is 9.83. The van der Waals surface area contributed by atoms with Crippen LogP contribution in [0.2, 0.25) is 5.02 Å². The second-order valence-corrected chi connectivity index (χ2v) is 4.55. The Balaban J connectivity index is 1.99. The average Bonchev–Trinajstić information content (AvgIpc) is 2.40. The number of nitrogens with one attached hydrogen (secondary N) is 1. The van der Waals surface area contributed by atoms with Crippen LogP contribution in [-0.4, -0.2) is 6.36 Å². The van der Waals surface area contributed by atoms with Gasteiger partial charge in [-0.15, -0.1) is 13.2 Å². The summed E-state index contributed by atoms with van der Waals surface area (Å²) >= 11 is 5.64. The van der Waals surface area contributed by atoms with E-state index in [1.807, 2.05) is 0 Å². The summed E-state index contributed by atoms with van der Waals surface area (Å²) in [6.45, 7) is 0.240. The molecule has 2 rings (SSSR count). The van der Waals surface area contributed by atoms with Gasteiger partial charge in [-0.2, -0.15) is 0 Å². The summed E-state index contributed by atoms with van der Waals surface area (Å²) in [7, 11) is 0. The zero-order chi connectivity index (χ0) is 15.5. The lowest BCUT2D eigenvalue weighted by Gasteiger charge is -2.11. The van der Waals surface area contributed by atoms with Gasteiger partial charge < -0.3 is 10.1 Å². The number of halogens is 5. The summed E-state index contributed by atoms with van der Waals surface area (Å²) < 4.78 is 53.4. The highest BCUT2D eigenvalue weighted by atomic mass is 35.5. The fourth-order valence-electron chi connectivity index (χ4n) is 1.65. The number of hydrogen-bond acceptors (Lipinski definition) is 2. The van der Waals surface area contributed by atoms with Crippen LogP contribution in [0.25, 0.3) is 0 Å². The Morgan fingerprint density at radius 3 is 2.33 bits per heavy atom. The van der Waals surface area contributed by atoms with Gasteiger partial charge in [0.1, 0.15) is 5.75 Å². The van der Waals surface area contributed by atoms with Crippen LogP contribution in [0.4, 0.5) is 23.2 Å². The van der Waals surface area contributed by atoms with Crippen molar-refractivity contribution >= 4 is 17.3 Å². The lowest BCUT2D eigenvalue weighted by Crippen LogP contribution is -2.17. The second kappa shape index (κ2) is 6.22. The van der Waals surface area contributed by atoms with Crippen molar-refractivity contribution in [3.05, 3.63) is 58.9 Å². The zero-order valence-corrected chi connectivity index (χ0v) is 11.3. The van der Waals surface area contributed by atoms with Gasteiger partial charge in [-0.1, -0.05) is 29.8 Å². The van der Waals surface area contributed by atoms with Gasteiger partial charge in [0, 0.05) is 6.54 Å². The van der Waals surface area contributed by atoms with E-state index >= 15 is 0 Å². The van der Waals surface area contributed by atoms with Crippen molar-refractivity contribution in [3.8, 4) is 5.75 Å². The molecular formula is C14H10ClF4NO. The summed E-state index contributed by atoms with van der Waals surface area (Å²) in [5, 5.41) is 2.81. The van der Waals surface area contributed by atoms with Crippen LogP contribution in [0, 0.1) is 5.82 Å². The normalized spacial score (nSPS) is 11.3. The first kappa shape index (κ1) is 15.4. The molecule has 0 radical (unpaired) electrons. The van der Waals surface area contributed by atoms with Crippen LogP contribution < -0.4 is 10.1 Å². The number of ether oxygens (including phenoxy) is 1. The highest BCUT2D eigenvalue weighted by molar-refractivity contribution is 6.31. The predicted octanol–water partition coefficient (Wildman–Crippen LogP) is 4.99. The molecule has 1 N–H and O–H groups in total. The van der Waals surface area contributed by atoms with E-state index in [1.165, 1.54) is 36.4 Å². The molecule has 0 aliphatic rings. The molecule has 0 amide bonds. The summed E-state index contributed by atoms with van der Waals surface area (Å²) in [5.41, 5.74) is 0.891. The molecule has 0 spiro atoms. The zero-order valence-electron chi connectivity index (χ0n) is 10.5. The van der Waals surface area contributed by atoms with Gasteiger partial charge in [0.25, 0.3) is 0 Å².